The molecule has 0 atom stereocenters. The summed E-state index contributed by atoms with van der Waals surface area (Å²) in [6, 6.07) is 11.4. The molecule has 0 spiro atoms. The summed E-state index contributed by atoms with van der Waals surface area (Å²) in [6.45, 7) is 0. The minimum atomic E-state index is -0.522. The van der Waals surface area contributed by atoms with Crippen molar-refractivity contribution < 1.29 is 10.0 Å². The molecule has 0 aliphatic heterocycles. The summed E-state index contributed by atoms with van der Waals surface area (Å²) < 4.78 is 1.81. The molecular weight excluding hydrogens is 284 g/mol. The van der Waals surface area contributed by atoms with Gasteiger partial charge in [0.1, 0.15) is 5.75 Å². The molecule has 0 radical (unpaired) electrons. The first-order valence-electron chi connectivity index (χ1n) is 6.49. The predicted molar refractivity (Wildman–Crippen MR) is 82.7 cm³/mol. The molecule has 1 heterocycles. The van der Waals surface area contributed by atoms with Crippen LogP contribution in [0.1, 0.15) is 5.56 Å². The van der Waals surface area contributed by atoms with Gasteiger partial charge in [-0.2, -0.15) is 0 Å². The number of aromatic nitrogens is 2. The Morgan fingerprint density at radius 1 is 1.32 bits per heavy atom. The summed E-state index contributed by atoms with van der Waals surface area (Å²) in [4.78, 5) is 18.8. The molecule has 0 unspecified atom stereocenters. The molecule has 0 fully saturated rings. The largest absolute Gasteiger partial charge is 0.507 e. The van der Waals surface area contributed by atoms with Crippen LogP contribution in [0.4, 0.5) is 11.6 Å². The molecule has 0 aliphatic carbocycles. The summed E-state index contributed by atoms with van der Waals surface area (Å²) in [5, 5.41) is 20.5. The van der Waals surface area contributed by atoms with Gasteiger partial charge < -0.3 is 9.67 Å². The standard InChI is InChI=1S/C15H12N4O3/c1-18-13-5-3-2-4-12(13)17-15(18)16-9-10-8-11(19(21)22)6-7-14(10)20/h2-9,20H,1H3/b16-9+. The van der Waals surface area contributed by atoms with Crippen LogP contribution >= 0.6 is 0 Å². The van der Waals surface area contributed by atoms with Crippen molar-refractivity contribution in [3.05, 3.63) is 58.1 Å². The van der Waals surface area contributed by atoms with Crippen LogP contribution in [0.2, 0.25) is 0 Å². The van der Waals surface area contributed by atoms with Crippen molar-refractivity contribution in [2.45, 2.75) is 0 Å². The Balaban J connectivity index is 2.01. The van der Waals surface area contributed by atoms with Crippen molar-refractivity contribution in [1.29, 1.82) is 0 Å². The Kier molecular flexibility index (Phi) is 3.30. The second-order valence-corrected chi connectivity index (χ2v) is 4.72. The van der Waals surface area contributed by atoms with Crippen molar-refractivity contribution in [2.75, 3.05) is 0 Å². The van der Waals surface area contributed by atoms with E-state index in [4.69, 9.17) is 0 Å². The van der Waals surface area contributed by atoms with Crippen LogP contribution in [0, 0.1) is 10.1 Å². The highest BCUT2D eigenvalue weighted by atomic mass is 16.6. The van der Waals surface area contributed by atoms with E-state index in [2.05, 4.69) is 9.98 Å². The highest BCUT2D eigenvalue weighted by molar-refractivity contribution is 5.87. The number of fused-ring (bicyclic) bond motifs is 1. The molecule has 0 aliphatic rings. The predicted octanol–water partition coefficient (Wildman–Crippen LogP) is 2.94. The third kappa shape index (κ3) is 2.39. The lowest BCUT2D eigenvalue weighted by molar-refractivity contribution is -0.384. The number of aliphatic imine (C=N–C) groups is 1. The third-order valence-corrected chi connectivity index (χ3v) is 3.30. The van der Waals surface area contributed by atoms with Crippen LogP contribution in [0.15, 0.2) is 47.5 Å². The lowest BCUT2D eigenvalue weighted by atomic mass is 10.2. The average molecular weight is 296 g/mol. The van der Waals surface area contributed by atoms with E-state index in [1.54, 1.807) is 4.57 Å². The van der Waals surface area contributed by atoms with Gasteiger partial charge in [0, 0.05) is 31.0 Å². The number of aromatic hydroxyl groups is 1. The van der Waals surface area contributed by atoms with Gasteiger partial charge in [0.2, 0.25) is 5.95 Å². The SMILES string of the molecule is Cn1c(/N=C/c2cc([N+](=O)[O-])ccc2O)nc2ccccc21. The summed E-state index contributed by atoms with van der Waals surface area (Å²) in [7, 11) is 1.83. The second kappa shape index (κ2) is 5.28. The lowest BCUT2D eigenvalue weighted by Gasteiger charge is -1.99. The smallest absolute Gasteiger partial charge is 0.270 e. The van der Waals surface area contributed by atoms with Gasteiger partial charge in [-0.25, -0.2) is 9.98 Å². The van der Waals surface area contributed by atoms with Crippen LogP contribution in [0.5, 0.6) is 5.75 Å². The Morgan fingerprint density at radius 2 is 2.09 bits per heavy atom. The monoisotopic (exact) mass is 296 g/mol. The Morgan fingerprint density at radius 3 is 2.82 bits per heavy atom. The average Bonchev–Trinajstić information content (AvgIpc) is 2.83. The maximum absolute atomic E-state index is 10.8. The molecule has 0 bridgehead atoms. The van der Waals surface area contributed by atoms with Crippen LogP contribution in [0.3, 0.4) is 0 Å². The fourth-order valence-corrected chi connectivity index (χ4v) is 2.13. The molecule has 1 aromatic heterocycles. The van der Waals surface area contributed by atoms with E-state index in [1.165, 1.54) is 24.4 Å². The third-order valence-electron chi connectivity index (χ3n) is 3.30. The topological polar surface area (TPSA) is 93.5 Å². The second-order valence-electron chi connectivity index (χ2n) is 4.72. The fourth-order valence-electron chi connectivity index (χ4n) is 2.13. The number of aryl methyl sites for hydroxylation is 1. The molecule has 22 heavy (non-hydrogen) atoms. The Bertz CT molecular complexity index is 899. The molecule has 110 valence electrons. The van der Waals surface area contributed by atoms with Gasteiger partial charge in [-0.3, -0.25) is 10.1 Å². The number of non-ortho nitro benzene ring substituents is 1. The van der Waals surface area contributed by atoms with E-state index in [-0.39, 0.29) is 17.0 Å². The number of phenols is 1. The number of hydrogen-bond donors (Lipinski definition) is 1. The minimum Gasteiger partial charge on any atom is -0.507 e. The molecule has 1 N–H and O–H groups in total. The summed E-state index contributed by atoms with van der Waals surface area (Å²) >= 11 is 0. The molecule has 2 aromatic carbocycles. The summed E-state index contributed by atoms with van der Waals surface area (Å²) in [5.74, 6) is 0.375. The van der Waals surface area contributed by atoms with Crippen molar-refractivity contribution in [2.24, 2.45) is 12.0 Å². The number of hydrogen-bond acceptors (Lipinski definition) is 5. The molecule has 0 saturated heterocycles. The van der Waals surface area contributed by atoms with Crippen LogP contribution < -0.4 is 0 Å². The van der Waals surface area contributed by atoms with E-state index in [0.29, 0.717) is 5.95 Å². The van der Waals surface area contributed by atoms with Gasteiger partial charge >= 0.3 is 0 Å². The molecule has 3 aromatic rings. The maximum atomic E-state index is 10.8. The van der Waals surface area contributed by atoms with Gasteiger partial charge in [-0.15, -0.1) is 0 Å². The fraction of sp³-hybridized carbons (Fsp3) is 0.0667. The molecule has 7 heteroatoms. The van der Waals surface area contributed by atoms with Crippen LogP contribution in [0.25, 0.3) is 11.0 Å². The first-order chi connectivity index (χ1) is 10.6. The first kappa shape index (κ1) is 13.7. The highest BCUT2D eigenvalue weighted by Crippen LogP contribution is 2.23. The van der Waals surface area contributed by atoms with Gasteiger partial charge in [0.25, 0.3) is 5.69 Å². The zero-order valence-electron chi connectivity index (χ0n) is 11.7. The van der Waals surface area contributed by atoms with Crippen LogP contribution in [-0.2, 0) is 7.05 Å². The number of imidazole rings is 1. The zero-order valence-corrected chi connectivity index (χ0v) is 11.7. The van der Waals surface area contributed by atoms with Gasteiger partial charge in [0.15, 0.2) is 0 Å². The molecule has 0 amide bonds. The Hall–Kier alpha value is -3.22. The number of nitrogens with zero attached hydrogens (tertiary/aromatic N) is 4. The molecular formula is C15H12N4O3. The number of phenolic OH excluding ortho intramolecular Hbond substituents is 1. The van der Waals surface area contributed by atoms with Crippen molar-refractivity contribution >= 4 is 28.9 Å². The van der Waals surface area contributed by atoms with Crippen molar-refractivity contribution in [3.63, 3.8) is 0 Å². The first-order valence-corrected chi connectivity index (χ1v) is 6.49. The van der Waals surface area contributed by atoms with Gasteiger partial charge in [0.05, 0.1) is 16.0 Å². The number of nitro benzene ring substituents is 1. The summed E-state index contributed by atoms with van der Waals surface area (Å²) in [5.41, 5.74) is 1.89. The normalized spacial score (nSPS) is 11.3. The van der Waals surface area contributed by atoms with E-state index in [1.807, 2.05) is 31.3 Å². The molecule has 3 rings (SSSR count). The van der Waals surface area contributed by atoms with E-state index >= 15 is 0 Å². The molecule has 7 nitrogen and oxygen atoms in total. The Labute approximate surface area is 125 Å². The van der Waals surface area contributed by atoms with Gasteiger partial charge in [-0.05, 0) is 18.2 Å². The van der Waals surface area contributed by atoms with E-state index in [9.17, 15) is 15.2 Å². The van der Waals surface area contributed by atoms with Crippen LogP contribution in [-0.4, -0.2) is 25.8 Å². The van der Waals surface area contributed by atoms with Gasteiger partial charge in [-0.1, -0.05) is 12.1 Å². The van der Waals surface area contributed by atoms with Crippen molar-refractivity contribution in [1.82, 2.24) is 9.55 Å². The number of para-hydroxylation sites is 2. The van der Waals surface area contributed by atoms with E-state index in [0.717, 1.165) is 11.0 Å². The highest BCUT2D eigenvalue weighted by Gasteiger charge is 2.10. The summed E-state index contributed by atoms with van der Waals surface area (Å²) in [6.07, 6.45) is 1.36. The minimum absolute atomic E-state index is 0.0758. The molecule has 0 saturated carbocycles. The number of rotatable bonds is 3. The van der Waals surface area contributed by atoms with E-state index < -0.39 is 4.92 Å². The number of benzene rings is 2. The van der Waals surface area contributed by atoms with Crippen molar-refractivity contribution in [3.8, 4) is 5.75 Å². The number of nitro groups is 1. The quantitative estimate of drug-likeness (QED) is 0.457. The zero-order chi connectivity index (χ0) is 15.7. The lowest BCUT2D eigenvalue weighted by Crippen LogP contribution is -1.91. The maximum Gasteiger partial charge on any atom is 0.270 e.